The van der Waals surface area contributed by atoms with E-state index in [2.05, 4.69) is 30.5 Å². The fourth-order valence-electron chi connectivity index (χ4n) is 2.94. The van der Waals surface area contributed by atoms with Gasteiger partial charge < -0.3 is 20.1 Å². The number of aromatic nitrogens is 5. The molecule has 1 atom stereocenters. The van der Waals surface area contributed by atoms with Crippen molar-refractivity contribution in [2.75, 3.05) is 25.6 Å². The molecule has 3 N–H and O–H groups in total. The maximum absolute atomic E-state index is 11.6. The predicted molar refractivity (Wildman–Crippen MR) is 109 cm³/mol. The predicted octanol–water partition coefficient (Wildman–Crippen LogP) is 3.53. The molecular formula is C18H22ClN7O3. The number of pyridine rings is 1. The van der Waals surface area contributed by atoms with Crippen LogP contribution >= 0.6 is 11.6 Å². The van der Waals surface area contributed by atoms with Gasteiger partial charge in [-0.25, -0.2) is 14.8 Å². The number of aromatic amines is 1. The summed E-state index contributed by atoms with van der Waals surface area (Å²) in [5.74, 6) is 0.961. The van der Waals surface area contributed by atoms with Gasteiger partial charge in [0.2, 0.25) is 5.28 Å². The first kappa shape index (κ1) is 20.7. The molecule has 3 aromatic rings. The maximum atomic E-state index is 11.6. The molecular weight excluding hydrogens is 398 g/mol. The lowest BCUT2D eigenvalue weighted by Crippen LogP contribution is -2.31. The number of anilines is 2. The van der Waals surface area contributed by atoms with E-state index in [9.17, 15) is 9.90 Å². The van der Waals surface area contributed by atoms with E-state index in [-0.39, 0.29) is 5.28 Å². The van der Waals surface area contributed by atoms with Crippen molar-refractivity contribution in [2.24, 2.45) is 0 Å². The quantitative estimate of drug-likeness (QED) is 0.373. The summed E-state index contributed by atoms with van der Waals surface area (Å²) in [7, 11) is 1.49. The Morgan fingerprint density at radius 1 is 1.41 bits per heavy atom. The lowest BCUT2D eigenvalue weighted by atomic mass is 10.1. The third kappa shape index (κ3) is 4.72. The molecule has 0 aliphatic rings. The molecule has 1 unspecified atom stereocenters. The fourth-order valence-corrected chi connectivity index (χ4v) is 3.11. The molecule has 29 heavy (non-hydrogen) atoms. The Balaban J connectivity index is 2.02. The van der Waals surface area contributed by atoms with Crippen LogP contribution in [0.4, 0.5) is 16.4 Å². The van der Waals surface area contributed by atoms with Crippen LogP contribution in [-0.4, -0.2) is 61.5 Å². The Morgan fingerprint density at radius 2 is 2.21 bits per heavy atom. The summed E-state index contributed by atoms with van der Waals surface area (Å²) in [5, 5.41) is 19.8. The largest absolute Gasteiger partial charge is 0.465 e. The van der Waals surface area contributed by atoms with Crippen molar-refractivity contribution in [1.82, 2.24) is 30.0 Å². The second-order valence-electron chi connectivity index (χ2n) is 6.41. The van der Waals surface area contributed by atoms with Crippen LogP contribution in [0.5, 0.6) is 0 Å². The molecule has 3 rings (SSSR count). The number of hydrogen-bond acceptors (Lipinski definition) is 7. The minimum atomic E-state index is -1.07. The first-order valence-corrected chi connectivity index (χ1v) is 9.43. The average Bonchev–Trinajstić information content (AvgIpc) is 3.08. The smallest absolute Gasteiger partial charge is 0.407 e. The minimum absolute atomic E-state index is 0.0110. The topological polar surface area (TPSA) is 129 Å². The van der Waals surface area contributed by atoms with Gasteiger partial charge in [0.05, 0.1) is 11.7 Å². The summed E-state index contributed by atoms with van der Waals surface area (Å²) in [6, 6.07) is 3.20. The molecule has 0 aliphatic heterocycles. The van der Waals surface area contributed by atoms with Gasteiger partial charge in [-0.3, -0.25) is 5.10 Å². The van der Waals surface area contributed by atoms with Crippen LogP contribution in [0.1, 0.15) is 30.6 Å². The van der Waals surface area contributed by atoms with Crippen LogP contribution in [0, 0.1) is 6.92 Å². The number of H-pyrrole nitrogens is 1. The Kier molecular flexibility index (Phi) is 6.45. The first-order valence-electron chi connectivity index (χ1n) is 9.05. The van der Waals surface area contributed by atoms with Crippen molar-refractivity contribution < 1.29 is 14.6 Å². The van der Waals surface area contributed by atoms with E-state index in [1.165, 1.54) is 11.9 Å². The lowest BCUT2D eigenvalue weighted by Gasteiger charge is -2.24. The van der Waals surface area contributed by atoms with E-state index in [1.54, 1.807) is 6.20 Å². The molecule has 0 saturated carbocycles. The van der Waals surface area contributed by atoms with Gasteiger partial charge in [-0.2, -0.15) is 10.1 Å². The van der Waals surface area contributed by atoms with Crippen molar-refractivity contribution in [3.8, 4) is 0 Å². The zero-order valence-electron chi connectivity index (χ0n) is 16.3. The van der Waals surface area contributed by atoms with E-state index in [1.807, 2.05) is 26.0 Å². The molecule has 0 aliphatic carbocycles. The number of halogens is 1. The number of rotatable bonds is 8. The highest BCUT2D eigenvalue weighted by molar-refractivity contribution is 6.28. The SMILES string of the molecule is CCOCCC(c1[nH]nc2c(Nc3cc(C)ccn3)nc(Cl)nc12)N(C)C(=O)O. The van der Waals surface area contributed by atoms with Gasteiger partial charge in [0.15, 0.2) is 11.3 Å². The summed E-state index contributed by atoms with van der Waals surface area (Å²) in [6.45, 7) is 4.76. The zero-order valence-corrected chi connectivity index (χ0v) is 17.1. The van der Waals surface area contributed by atoms with Crippen LogP contribution < -0.4 is 5.32 Å². The molecule has 0 fully saturated rings. The molecule has 154 valence electrons. The monoisotopic (exact) mass is 419 g/mol. The summed E-state index contributed by atoms with van der Waals surface area (Å²) in [5.41, 5.74) is 2.43. The van der Waals surface area contributed by atoms with E-state index in [4.69, 9.17) is 16.3 Å². The van der Waals surface area contributed by atoms with Crippen LogP contribution in [0.3, 0.4) is 0 Å². The van der Waals surface area contributed by atoms with Crippen LogP contribution in [0.15, 0.2) is 18.3 Å². The molecule has 0 bridgehead atoms. The molecule has 11 heteroatoms. The van der Waals surface area contributed by atoms with Crippen molar-refractivity contribution in [1.29, 1.82) is 0 Å². The Bertz CT molecular complexity index is 1010. The minimum Gasteiger partial charge on any atom is -0.465 e. The molecule has 1 amide bonds. The highest BCUT2D eigenvalue weighted by atomic mass is 35.5. The third-order valence-electron chi connectivity index (χ3n) is 4.40. The van der Waals surface area contributed by atoms with E-state index in [0.29, 0.717) is 48.0 Å². The van der Waals surface area contributed by atoms with Gasteiger partial charge >= 0.3 is 6.09 Å². The Labute approximate surface area is 172 Å². The highest BCUT2D eigenvalue weighted by Crippen LogP contribution is 2.31. The summed E-state index contributed by atoms with van der Waals surface area (Å²) in [6.07, 6.45) is 1.04. The Hall–Kier alpha value is -2.98. The highest BCUT2D eigenvalue weighted by Gasteiger charge is 2.27. The number of carbonyl (C=O) groups is 1. The summed E-state index contributed by atoms with van der Waals surface area (Å²) in [4.78, 5) is 25.5. The molecule has 0 aromatic carbocycles. The number of aryl methyl sites for hydroxylation is 1. The van der Waals surface area contributed by atoms with Gasteiger partial charge in [-0.05, 0) is 49.6 Å². The van der Waals surface area contributed by atoms with E-state index >= 15 is 0 Å². The molecule has 0 radical (unpaired) electrons. The van der Waals surface area contributed by atoms with Crippen LogP contribution in [0.25, 0.3) is 11.0 Å². The number of nitrogens with one attached hydrogen (secondary N) is 2. The fraction of sp³-hybridized carbons (Fsp3) is 0.389. The number of hydrogen-bond donors (Lipinski definition) is 3. The average molecular weight is 420 g/mol. The van der Waals surface area contributed by atoms with Crippen LogP contribution in [0.2, 0.25) is 5.28 Å². The lowest BCUT2D eigenvalue weighted by molar-refractivity contribution is 0.102. The standard InChI is InChI=1S/C18H22ClN7O3/c1-4-29-8-6-11(26(3)18(27)28)13-14-15(25-24-13)16(23-17(19)22-14)21-12-9-10(2)5-7-20-12/h5,7,9,11H,4,6,8H2,1-3H3,(H,24,25)(H,27,28)(H,20,21,22,23). The molecule has 3 aromatic heterocycles. The van der Waals surface area contributed by atoms with Gasteiger partial charge in [-0.15, -0.1) is 0 Å². The van der Waals surface area contributed by atoms with Gasteiger partial charge in [0.25, 0.3) is 0 Å². The van der Waals surface area contributed by atoms with Crippen molar-refractivity contribution in [3.63, 3.8) is 0 Å². The van der Waals surface area contributed by atoms with Crippen molar-refractivity contribution >= 4 is 40.4 Å². The zero-order chi connectivity index (χ0) is 21.0. The second-order valence-corrected chi connectivity index (χ2v) is 6.75. The molecule has 0 spiro atoms. The normalized spacial score (nSPS) is 12.1. The number of fused-ring (bicyclic) bond motifs is 1. The van der Waals surface area contributed by atoms with E-state index < -0.39 is 12.1 Å². The maximum Gasteiger partial charge on any atom is 0.407 e. The Morgan fingerprint density at radius 3 is 2.90 bits per heavy atom. The molecule has 3 heterocycles. The van der Waals surface area contributed by atoms with Gasteiger partial charge in [0.1, 0.15) is 11.3 Å². The summed E-state index contributed by atoms with van der Waals surface area (Å²) >= 11 is 6.14. The molecule has 10 nitrogen and oxygen atoms in total. The number of nitrogens with zero attached hydrogens (tertiary/aromatic N) is 5. The second kappa shape index (κ2) is 9.01. The summed E-state index contributed by atoms with van der Waals surface area (Å²) < 4.78 is 5.41. The van der Waals surface area contributed by atoms with Gasteiger partial charge in [0, 0.05) is 26.5 Å². The third-order valence-corrected chi connectivity index (χ3v) is 4.57. The number of carboxylic acid groups (broad SMARTS) is 1. The number of amides is 1. The number of ether oxygens (including phenoxy) is 1. The van der Waals surface area contributed by atoms with Crippen molar-refractivity contribution in [2.45, 2.75) is 26.3 Å². The first-order chi connectivity index (χ1) is 13.9. The van der Waals surface area contributed by atoms with Crippen LogP contribution in [-0.2, 0) is 4.74 Å². The molecule has 0 saturated heterocycles. The van der Waals surface area contributed by atoms with Crippen molar-refractivity contribution in [3.05, 3.63) is 34.9 Å². The van der Waals surface area contributed by atoms with Gasteiger partial charge in [-0.1, -0.05) is 0 Å². The van der Waals surface area contributed by atoms with E-state index in [0.717, 1.165) is 5.56 Å².